The number of nitrogens with zero attached hydrogens (tertiary/aromatic N) is 2. The number of nitriles is 1. The molecule has 0 spiro atoms. The zero-order valence-corrected chi connectivity index (χ0v) is 17.1. The largest absolute Gasteiger partial charge is 0.379 e. The molecule has 0 heterocycles. The van der Waals surface area contributed by atoms with Crippen molar-refractivity contribution in [2.75, 3.05) is 6.26 Å². The Labute approximate surface area is 166 Å². The molecule has 2 N–H and O–H groups in total. The summed E-state index contributed by atoms with van der Waals surface area (Å²) in [5.74, 6) is -0.328. The molecule has 28 heavy (non-hydrogen) atoms. The van der Waals surface area contributed by atoms with Crippen molar-refractivity contribution in [2.45, 2.75) is 16.7 Å². The normalized spacial score (nSPS) is 12.3. The topological polar surface area (TPSA) is 146 Å². The second kappa shape index (κ2) is 8.61. The van der Waals surface area contributed by atoms with Gasteiger partial charge in [0.1, 0.15) is 15.5 Å². The van der Waals surface area contributed by atoms with Gasteiger partial charge in [-0.3, -0.25) is 9.87 Å². The molecule has 0 saturated carbocycles. The van der Waals surface area contributed by atoms with Crippen LogP contribution in [-0.2, 0) is 20.2 Å². The van der Waals surface area contributed by atoms with Crippen molar-refractivity contribution in [3.05, 3.63) is 48.0 Å². The lowest BCUT2D eigenvalue weighted by Crippen LogP contribution is -2.13. The van der Waals surface area contributed by atoms with E-state index in [-0.39, 0.29) is 21.5 Å². The van der Waals surface area contributed by atoms with Gasteiger partial charge in [0.05, 0.1) is 5.69 Å². The lowest BCUT2D eigenvalue weighted by molar-refractivity contribution is 0.475. The maximum Gasteiger partial charge on any atom is 0.339 e. The minimum atomic E-state index is -4.75. The molecule has 0 aliphatic heterocycles. The third kappa shape index (κ3) is 5.46. The monoisotopic (exact) mass is 441 g/mol. The van der Waals surface area contributed by atoms with Crippen LogP contribution in [0.3, 0.4) is 0 Å². The van der Waals surface area contributed by atoms with Gasteiger partial charge in [0.2, 0.25) is 0 Å². The molecule has 0 amide bonds. The second-order valence-corrected chi connectivity index (χ2v) is 9.04. The Kier molecular flexibility index (Phi) is 6.68. The molecule has 0 aliphatic rings. The van der Waals surface area contributed by atoms with E-state index in [1.807, 2.05) is 0 Å². The van der Waals surface area contributed by atoms with Crippen LogP contribution in [0.2, 0.25) is 0 Å². The first-order valence-electron chi connectivity index (χ1n) is 7.47. The fourth-order valence-electron chi connectivity index (χ4n) is 2.01. The minimum Gasteiger partial charge on any atom is -0.379 e. The summed E-state index contributed by atoms with van der Waals surface area (Å²) in [6.45, 7) is 1.79. The molecule has 0 radical (unpaired) electrons. The molecule has 9 nitrogen and oxygen atoms in total. The van der Waals surface area contributed by atoms with Crippen molar-refractivity contribution in [3.63, 3.8) is 0 Å². The van der Waals surface area contributed by atoms with E-state index in [4.69, 9.17) is 9.44 Å². The first-order chi connectivity index (χ1) is 13.1. The molecule has 0 saturated heterocycles. The summed E-state index contributed by atoms with van der Waals surface area (Å²) in [7, 11) is -8.97. The molecule has 0 aliphatic carbocycles. The Bertz CT molecular complexity index is 1150. The SMILES string of the molecule is CSC(=Nc1ccc(OS(=O)(=O)c2ccc(C)cc2)cc1S(=O)(=O)O)NC#N. The number of benzene rings is 2. The Morgan fingerprint density at radius 3 is 2.36 bits per heavy atom. The van der Waals surface area contributed by atoms with Crippen molar-refractivity contribution in [1.29, 1.82) is 5.26 Å². The molecule has 0 bridgehead atoms. The first kappa shape index (κ1) is 21.7. The lowest BCUT2D eigenvalue weighted by Gasteiger charge is -2.10. The van der Waals surface area contributed by atoms with Crippen LogP contribution in [0.1, 0.15) is 5.56 Å². The van der Waals surface area contributed by atoms with Crippen molar-refractivity contribution in [2.24, 2.45) is 4.99 Å². The Morgan fingerprint density at radius 1 is 1.18 bits per heavy atom. The van der Waals surface area contributed by atoms with E-state index in [1.165, 1.54) is 18.2 Å². The molecule has 12 heteroatoms. The highest BCUT2D eigenvalue weighted by Crippen LogP contribution is 2.31. The quantitative estimate of drug-likeness (QED) is 0.178. The summed E-state index contributed by atoms with van der Waals surface area (Å²) in [4.78, 5) is 3.16. The highest BCUT2D eigenvalue weighted by Gasteiger charge is 2.21. The maximum absolute atomic E-state index is 12.4. The van der Waals surface area contributed by atoms with E-state index in [1.54, 1.807) is 31.5 Å². The van der Waals surface area contributed by atoms with Crippen LogP contribution >= 0.6 is 11.8 Å². The van der Waals surface area contributed by atoms with Crippen LogP contribution in [0.15, 0.2) is 57.2 Å². The molecular formula is C16H15N3O6S3. The van der Waals surface area contributed by atoms with Gasteiger partial charge < -0.3 is 4.18 Å². The van der Waals surface area contributed by atoms with Crippen LogP contribution in [0, 0.1) is 18.4 Å². The fourth-order valence-corrected chi connectivity index (χ4v) is 3.91. The van der Waals surface area contributed by atoms with Gasteiger partial charge in [-0.25, -0.2) is 4.99 Å². The number of nitrogens with one attached hydrogen (secondary N) is 1. The predicted octanol–water partition coefficient (Wildman–Crippen LogP) is 2.43. The molecule has 0 unspecified atom stereocenters. The molecule has 2 rings (SSSR count). The van der Waals surface area contributed by atoms with Crippen LogP contribution < -0.4 is 9.50 Å². The van der Waals surface area contributed by atoms with Gasteiger partial charge in [-0.15, -0.1) is 0 Å². The smallest absolute Gasteiger partial charge is 0.339 e. The average molecular weight is 442 g/mol. The van der Waals surface area contributed by atoms with Gasteiger partial charge in [-0.1, -0.05) is 29.5 Å². The number of amidine groups is 1. The highest BCUT2D eigenvalue weighted by molar-refractivity contribution is 8.13. The molecule has 2 aromatic carbocycles. The molecule has 0 atom stereocenters. The Balaban J connectivity index is 2.48. The van der Waals surface area contributed by atoms with Gasteiger partial charge in [-0.05, 0) is 37.4 Å². The average Bonchev–Trinajstić information content (AvgIpc) is 2.61. The van der Waals surface area contributed by atoms with Crippen LogP contribution in [0.5, 0.6) is 5.75 Å². The third-order valence-electron chi connectivity index (χ3n) is 3.30. The highest BCUT2D eigenvalue weighted by atomic mass is 32.2. The van der Waals surface area contributed by atoms with E-state index in [9.17, 15) is 21.4 Å². The number of hydrogen-bond donors (Lipinski definition) is 2. The number of rotatable bonds is 5. The molecule has 148 valence electrons. The summed E-state index contributed by atoms with van der Waals surface area (Å²) >= 11 is 1.03. The van der Waals surface area contributed by atoms with Crippen LogP contribution in [0.4, 0.5) is 5.69 Å². The van der Waals surface area contributed by atoms with Crippen molar-refractivity contribution in [3.8, 4) is 11.9 Å². The molecular weight excluding hydrogens is 426 g/mol. The van der Waals surface area contributed by atoms with Gasteiger partial charge in [-0.2, -0.15) is 22.1 Å². The number of aryl methyl sites for hydroxylation is 1. The maximum atomic E-state index is 12.4. The van der Waals surface area contributed by atoms with Gasteiger partial charge >= 0.3 is 10.1 Å². The van der Waals surface area contributed by atoms with Crippen LogP contribution in [-0.4, -0.2) is 32.8 Å². The van der Waals surface area contributed by atoms with Crippen LogP contribution in [0.25, 0.3) is 0 Å². The van der Waals surface area contributed by atoms with Gasteiger partial charge in [0.25, 0.3) is 10.1 Å². The molecule has 0 fully saturated rings. The summed E-state index contributed by atoms with van der Waals surface area (Å²) in [6.07, 6.45) is 3.24. The summed E-state index contributed by atoms with van der Waals surface area (Å²) in [6, 6.07) is 9.05. The van der Waals surface area contributed by atoms with E-state index in [0.717, 1.165) is 29.5 Å². The van der Waals surface area contributed by atoms with Gasteiger partial charge in [0, 0.05) is 6.07 Å². The Morgan fingerprint density at radius 2 is 1.82 bits per heavy atom. The molecule has 0 aromatic heterocycles. The predicted molar refractivity (Wildman–Crippen MR) is 105 cm³/mol. The Hall–Kier alpha value is -2.59. The number of hydrogen-bond acceptors (Lipinski definition) is 8. The first-order valence-corrected chi connectivity index (χ1v) is 11.5. The minimum absolute atomic E-state index is 0.0772. The van der Waals surface area contributed by atoms with E-state index in [0.29, 0.717) is 0 Å². The van der Waals surface area contributed by atoms with E-state index < -0.39 is 25.1 Å². The lowest BCUT2D eigenvalue weighted by atomic mass is 10.2. The summed E-state index contributed by atoms with van der Waals surface area (Å²) in [5.41, 5.74) is 0.653. The van der Waals surface area contributed by atoms with E-state index in [2.05, 4.69) is 10.3 Å². The van der Waals surface area contributed by atoms with Crippen molar-refractivity contribution in [1.82, 2.24) is 5.32 Å². The third-order valence-corrected chi connectivity index (χ3v) is 6.03. The van der Waals surface area contributed by atoms with E-state index >= 15 is 0 Å². The van der Waals surface area contributed by atoms with Crippen molar-refractivity contribution < 1.29 is 25.6 Å². The second-order valence-electron chi connectivity index (χ2n) is 5.31. The molecule has 2 aromatic rings. The summed E-state index contributed by atoms with van der Waals surface area (Å²) in [5, 5.41) is 11.0. The zero-order valence-electron chi connectivity index (χ0n) is 14.6. The standard InChI is InChI=1S/C16H15N3O6S3/c1-11-3-6-13(7-4-11)28(23,24)25-12-5-8-14(15(9-12)27(20,21)22)19-16(26-2)18-10-17/h3-9H,1-2H3,(H,18,19)(H,20,21,22). The zero-order chi connectivity index (χ0) is 20.9. The fraction of sp³-hybridized carbons (Fsp3) is 0.125. The number of aliphatic imine (C=N–C) groups is 1. The van der Waals surface area contributed by atoms with Gasteiger partial charge in [0.15, 0.2) is 11.4 Å². The summed E-state index contributed by atoms with van der Waals surface area (Å²) < 4.78 is 62.5. The van der Waals surface area contributed by atoms with Crippen molar-refractivity contribution >= 4 is 42.9 Å². The number of thioether (sulfide) groups is 1.